The number of aromatic nitrogens is 2. The highest BCUT2D eigenvalue weighted by molar-refractivity contribution is 5.28. The van der Waals surface area contributed by atoms with Gasteiger partial charge in [0.15, 0.2) is 5.75 Å². The van der Waals surface area contributed by atoms with Gasteiger partial charge in [-0.05, 0) is 38.8 Å². The summed E-state index contributed by atoms with van der Waals surface area (Å²) >= 11 is 0. The van der Waals surface area contributed by atoms with Crippen LogP contribution in [0.5, 0.6) is 5.75 Å². The third kappa shape index (κ3) is 3.33. The van der Waals surface area contributed by atoms with Gasteiger partial charge >= 0.3 is 0 Å². The molecule has 0 aliphatic heterocycles. The van der Waals surface area contributed by atoms with Gasteiger partial charge in [-0.2, -0.15) is 5.10 Å². The molecule has 1 aromatic rings. The first-order valence-corrected chi connectivity index (χ1v) is 7.45. The summed E-state index contributed by atoms with van der Waals surface area (Å²) in [5.74, 6) is 1.74. The summed E-state index contributed by atoms with van der Waals surface area (Å²) in [5, 5.41) is 15.1. The molecule has 0 aromatic carbocycles. The summed E-state index contributed by atoms with van der Waals surface area (Å²) in [5.41, 5.74) is 0.841. The molecule has 1 fully saturated rings. The molecule has 5 nitrogen and oxygen atoms in total. The summed E-state index contributed by atoms with van der Waals surface area (Å²) in [7, 11) is 5.71. The van der Waals surface area contributed by atoms with Gasteiger partial charge in [-0.3, -0.25) is 4.68 Å². The van der Waals surface area contributed by atoms with E-state index in [-0.39, 0.29) is 0 Å². The molecule has 0 radical (unpaired) electrons. The number of hydrogen-bond acceptors (Lipinski definition) is 4. The van der Waals surface area contributed by atoms with Crippen molar-refractivity contribution in [3.05, 3.63) is 11.9 Å². The second-order valence-corrected chi connectivity index (χ2v) is 6.25. The fourth-order valence-electron chi connectivity index (χ4n) is 3.07. The highest BCUT2D eigenvalue weighted by Crippen LogP contribution is 2.41. The van der Waals surface area contributed by atoms with Crippen LogP contribution in [-0.2, 0) is 6.54 Å². The monoisotopic (exact) mass is 281 g/mol. The molecule has 20 heavy (non-hydrogen) atoms. The zero-order chi connectivity index (χ0) is 14.7. The Morgan fingerprint density at radius 1 is 1.50 bits per heavy atom. The summed E-state index contributed by atoms with van der Waals surface area (Å²) in [6.07, 6.45) is 4.62. The molecule has 0 amide bonds. The lowest BCUT2D eigenvalue weighted by molar-refractivity contribution is 0.0965. The van der Waals surface area contributed by atoms with Gasteiger partial charge < -0.3 is 14.7 Å². The number of hydrogen-bond donors (Lipinski definition) is 1. The molecular formula is C15H27N3O2. The molecule has 1 aliphatic rings. The Bertz CT molecular complexity index is 431. The topological polar surface area (TPSA) is 50.5 Å². The molecule has 1 aliphatic carbocycles. The van der Waals surface area contributed by atoms with E-state index in [2.05, 4.69) is 16.9 Å². The predicted octanol–water partition coefficient (Wildman–Crippen LogP) is 1.92. The fourth-order valence-corrected chi connectivity index (χ4v) is 3.07. The largest absolute Gasteiger partial charge is 0.493 e. The zero-order valence-corrected chi connectivity index (χ0v) is 13.0. The Kier molecular flexibility index (Phi) is 5.05. The van der Waals surface area contributed by atoms with E-state index in [0.29, 0.717) is 17.6 Å². The van der Waals surface area contributed by atoms with Gasteiger partial charge in [-0.25, -0.2) is 0 Å². The van der Waals surface area contributed by atoms with Gasteiger partial charge in [0, 0.05) is 6.54 Å². The Morgan fingerprint density at radius 2 is 2.25 bits per heavy atom. The third-order valence-corrected chi connectivity index (χ3v) is 4.29. The first-order chi connectivity index (χ1) is 9.52. The Morgan fingerprint density at radius 3 is 2.80 bits per heavy atom. The maximum atomic E-state index is 10.7. The van der Waals surface area contributed by atoms with E-state index in [0.717, 1.165) is 31.6 Å². The van der Waals surface area contributed by atoms with Crippen LogP contribution in [0.25, 0.3) is 0 Å². The van der Waals surface area contributed by atoms with Crippen molar-refractivity contribution in [2.24, 2.45) is 11.8 Å². The molecule has 2 rings (SSSR count). The summed E-state index contributed by atoms with van der Waals surface area (Å²) < 4.78 is 7.28. The average molecular weight is 281 g/mol. The van der Waals surface area contributed by atoms with Crippen molar-refractivity contribution < 1.29 is 9.84 Å². The lowest BCUT2D eigenvalue weighted by Gasteiger charge is -2.21. The molecule has 0 bridgehead atoms. The third-order valence-electron chi connectivity index (χ3n) is 4.29. The highest BCUT2D eigenvalue weighted by atomic mass is 16.5. The zero-order valence-electron chi connectivity index (χ0n) is 13.0. The Labute approximate surface area is 121 Å². The highest BCUT2D eigenvalue weighted by Gasteiger charge is 2.32. The van der Waals surface area contributed by atoms with Crippen LogP contribution in [0.3, 0.4) is 0 Å². The predicted molar refractivity (Wildman–Crippen MR) is 78.8 cm³/mol. The minimum absolute atomic E-state index is 0.328. The summed E-state index contributed by atoms with van der Waals surface area (Å²) in [4.78, 5) is 2.11. The van der Waals surface area contributed by atoms with E-state index in [9.17, 15) is 5.11 Å². The molecule has 114 valence electrons. The van der Waals surface area contributed by atoms with E-state index in [1.165, 1.54) is 6.42 Å². The minimum atomic E-state index is -0.473. The van der Waals surface area contributed by atoms with Crippen LogP contribution in [0.15, 0.2) is 6.20 Å². The smallest absolute Gasteiger partial charge is 0.162 e. The molecular weight excluding hydrogens is 254 g/mol. The molecule has 5 heteroatoms. The maximum absolute atomic E-state index is 10.7. The molecule has 1 saturated carbocycles. The van der Waals surface area contributed by atoms with Crippen molar-refractivity contribution >= 4 is 0 Å². The van der Waals surface area contributed by atoms with Gasteiger partial charge in [0.2, 0.25) is 0 Å². The van der Waals surface area contributed by atoms with Crippen LogP contribution in [0.4, 0.5) is 0 Å². The number of ether oxygens (including phenoxy) is 1. The first-order valence-electron chi connectivity index (χ1n) is 7.45. The SMILES string of the molecule is COc1cnn(CCN(C)C)c1C(O)C1CCC(C)C1. The molecule has 0 spiro atoms. The standard InChI is InChI=1S/C15H27N3O2/c1-11-5-6-12(9-11)15(19)14-13(20-4)10-16-18(14)8-7-17(2)3/h10-12,15,19H,5-9H2,1-4H3. The maximum Gasteiger partial charge on any atom is 0.162 e. The van der Waals surface area contributed by atoms with E-state index in [4.69, 9.17) is 4.74 Å². The molecule has 1 aromatic heterocycles. The second kappa shape index (κ2) is 6.59. The van der Waals surface area contributed by atoms with Gasteiger partial charge in [-0.15, -0.1) is 0 Å². The lowest BCUT2D eigenvalue weighted by atomic mass is 9.96. The van der Waals surface area contributed by atoms with Crippen molar-refractivity contribution in [2.75, 3.05) is 27.7 Å². The van der Waals surface area contributed by atoms with Crippen molar-refractivity contribution in [1.29, 1.82) is 0 Å². The van der Waals surface area contributed by atoms with E-state index >= 15 is 0 Å². The number of rotatable bonds is 6. The first kappa shape index (κ1) is 15.3. The van der Waals surface area contributed by atoms with Gasteiger partial charge in [0.05, 0.1) is 19.9 Å². The van der Waals surface area contributed by atoms with Crippen molar-refractivity contribution in [3.8, 4) is 5.75 Å². The minimum Gasteiger partial charge on any atom is -0.493 e. The normalized spacial score (nSPS) is 24.3. The molecule has 3 unspecified atom stereocenters. The summed E-state index contributed by atoms with van der Waals surface area (Å²) in [6.45, 7) is 3.92. The molecule has 0 saturated heterocycles. The number of methoxy groups -OCH3 is 1. The average Bonchev–Trinajstić information content (AvgIpc) is 3.01. The molecule has 1 heterocycles. The molecule has 3 atom stereocenters. The number of aliphatic hydroxyl groups is 1. The van der Waals surface area contributed by atoms with Gasteiger partial charge in [-0.1, -0.05) is 13.3 Å². The van der Waals surface area contributed by atoms with E-state index in [1.54, 1.807) is 13.3 Å². The van der Waals surface area contributed by atoms with Crippen LogP contribution in [0, 0.1) is 11.8 Å². The van der Waals surface area contributed by atoms with E-state index in [1.807, 2.05) is 18.8 Å². The van der Waals surface area contributed by atoms with Crippen molar-refractivity contribution in [2.45, 2.75) is 38.8 Å². The van der Waals surface area contributed by atoms with Crippen LogP contribution in [0.2, 0.25) is 0 Å². The van der Waals surface area contributed by atoms with Gasteiger partial charge in [0.25, 0.3) is 0 Å². The Balaban J connectivity index is 2.16. The second-order valence-electron chi connectivity index (χ2n) is 6.25. The quantitative estimate of drug-likeness (QED) is 0.865. The van der Waals surface area contributed by atoms with Crippen LogP contribution in [-0.4, -0.2) is 47.5 Å². The van der Waals surface area contributed by atoms with Crippen LogP contribution < -0.4 is 4.74 Å². The lowest BCUT2D eigenvalue weighted by Crippen LogP contribution is -2.22. The number of aliphatic hydroxyl groups excluding tert-OH is 1. The summed E-state index contributed by atoms with van der Waals surface area (Å²) in [6, 6.07) is 0. The van der Waals surface area contributed by atoms with Crippen LogP contribution in [0.1, 0.15) is 38.0 Å². The number of likely N-dealkylation sites (N-methyl/N-ethyl adjacent to an activating group) is 1. The fraction of sp³-hybridized carbons (Fsp3) is 0.800. The van der Waals surface area contributed by atoms with E-state index < -0.39 is 6.10 Å². The Hall–Kier alpha value is -1.07. The van der Waals surface area contributed by atoms with Gasteiger partial charge in [0.1, 0.15) is 11.8 Å². The number of nitrogens with zero attached hydrogens (tertiary/aromatic N) is 3. The van der Waals surface area contributed by atoms with Crippen molar-refractivity contribution in [3.63, 3.8) is 0 Å². The van der Waals surface area contributed by atoms with Crippen LogP contribution >= 0.6 is 0 Å². The van der Waals surface area contributed by atoms with Crippen molar-refractivity contribution in [1.82, 2.24) is 14.7 Å². The molecule has 1 N–H and O–H groups in total.